The largest absolute Gasteiger partial charge is 0.507 e. The van der Waals surface area contributed by atoms with E-state index in [1.165, 1.54) is 25.0 Å². The molecule has 1 saturated heterocycles. The molecule has 0 aliphatic carbocycles. The minimum Gasteiger partial charge on any atom is -0.507 e. The monoisotopic (exact) mass is 505 g/mol. The fraction of sp³-hybridized carbons (Fsp3) is 0.179. The molecule has 8 heteroatoms. The first-order valence-corrected chi connectivity index (χ1v) is 11.5. The Hall–Kier alpha value is -4.10. The predicted octanol–water partition coefficient (Wildman–Crippen LogP) is 5.52. The number of aliphatic hydroxyl groups excluding tert-OH is 1. The number of carbonyl (C=O) groups is 3. The highest BCUT2D eigenvalue weighted by atomic mass is 35.5. The third kappa shape index (κ3) is 4.70. The highest BCUT2D eigenvalue weighted by molar-refractivity contribution is 6.52. The molecule has 184 valence electrons. The molecule has 1 heterocycles. The summed E-state index contributed by atoms with van der Waals surface area (Å²) in [7, 11) is 1.47. The van der Waals surface area contributed by atoms with E-state index in [4.69, 9.17) is 21.1 Å². The van der Waals surface area contributed by atoms with Crippen LogP contribution in [0.1, 0.15) is 35.2 Å². The fourth-order valence-corrected chi connectivity index (χ4v) is 4.55. The van der Waals surface area contributed by atoms with E-state index in [2.05, 4.69) is 0 Å². The van der Waals surface area contributed by atoms with Crippen LogP contribution in [0.25, 0.3) is 5.76 Å². The highest BCUT2D eigenvalue weighted by Crippen LogP contribution is 2.44. The van der Waals surface area contributed by atoms with Crippen molar-refractivity contribution >= 4 is 40.7 Å². The molecule has 3 aromatic rings. The van der Waals surface area contributed by atoms with Gasteiger partial charge in [-0.25, -0.2) is 0 Å². The van der Waals surface area contributed by atoms with E-state index in [0.29, 0.717) is 22.7 Å². The number of anilines is 1. The smallest absolute Gasteiger partial charge is 0.308 e. The Balaban J connectivity index is 1.95. The molecular formula is C28H24ClNO6. The van der Waals surface area contributed by atoms with Gasteiger partial charge in [-0.3, -0.25) is 19.3 Å². The minimum absolute atomic E-state index is 0.116. The van der Waals surface area contributed by atoms with E-state index in [9.17, 15) is 19.5 Å². The number of carbonyl (C=O) groups excluding carboxylic acids is 3. The summed E-state index contributed by atoms with van der Waals surface area (Å²) in [4.78, 5) is 39.5. The lowest BCUT2D eigenvalue weighted by atomic mass is 9.94. The second-order valence-corrected chi connectivity index (χ2v) is 8.93. The minimum atomic E-state index is -0.958. The number of halogens is 1. The zero-order chi connectivity index (χ0) is 26.1. The third-order valence-electron chi connectivity index (χ3n) is 5.82. The maximum Gasteiger partial charge on any atom is 0.308 e. The number of nitrogens with zero attached hydrogens (tertiary/aromatic N) is 1. The van der Waals surface area contributed by atoms with Crippen molar-refractivity contribution in [3.8, 4) is 11.5 Å². The molecular weight excluding hydrogens is 482 g/mol. The molecule has 0 radical (unpaired) electrons. The molecule has 1 aliphatic heterocycles. The van der Waals surface area contributed by atoms with Crippen molar-refractivity contribution in [1.29, 1.82) is 0 Å². The first-order valence-electron chi connectivity index (χ1n) is 11.1. The lowest BCUT2D eigenvalue weighted by Crippen LogP contribution is -2.29. The van der Waals surface area contributed by atoms with Crippen LogP contribution in [0.2, 0.25) is 5.02 Å². The lowest BCUT2D eigenvalue weighted by molar-refractivity contribution is -0.132. The van der Waals surface area contributed by atoms with Gasteiger partial charge in [-0.05, 0) is 73.0 Å². The summed E-state index contributed by atoms with van der Waals surface area (Å²) < 4.78 is 10.4. The highest BCUT2D eigenvalue weighted by Gasteiger charge is 2.47. The Morgan fingerprint density at radius 3 is 2.14 bits per heavy atom. The summed E-state index contributed by atoms with van der Waals surface area (Å²) in [6.07, 6.45) is 0. The molecule has 1 aliphatic rings. The van der Waals surface area contributed by atoms with E-state index in [1.807, 2.05) is 19.9 Å². The Kier molecular flexibility index (Phi) is 6.86. The summed E-state index contributed by atoms with van der Waals surface area (Å²) in [5.74, 6) is -1.79. The average molecular weight is 506 g/mol. The number of hydrogen-bond donors (Lipinski definition) is 1. The molecule has 0 aromatic heterocycles. The third-order valence-corrected chi connectivity index (χ3v) is 6.14. The van der Waals surface area contributed by atoms with Crippen molar-refractivity contribution < 1.29 is 29.0 Å². The Labute approximate surface area is 213 Å². The van der Waals surface area contributed by atoms with Gasteiger partial charge in [-0.1, -0.05) is 29.8 Å². The maximum atomic E-state index is 13.4. The van der Waals surface area contributed by atoms with Gasteiger partial charge in [0.15, 0.2) is 0 Å². The summed E-state index contributed by atoms with van der Waals surface area (Å²) in [5, 5.41) is 11.5. The van der Waals surface area contributed by atoms with Crippen molar-refractivity contribution in [2.45, 2.75) is 26.8 Å². The summed E-state index contributed by atoms with van der Waals surface area (Å²) in [5.41, 5.74) is 2.91. The normalized spacial score (nSPS) is 16.8. The summed E-state index contributed by atoms with van der Waals surface area (Å²) in [6, 6.07) is 15.7. The molecule has 0 bridgehead atoms. The van der Waals surface area contributed by atoms with Gasteiger partial charge in [-0.2, -0.15) is 0 Å². The van der Waals surface area contributed by atoms with Gasteiger partial charge in [0.1, 0.15) is 17.3 Å². The Morgan fingerprint density at radius 2 is 1.56 bits per heavy atom. The van der Waals surface area contributed by atoms with Crippen LogP contribution in [0.4, 0.5) is 5.69 Å². The second-order valence-electron chi connectivity index (χ2n) is 8.52. The lowest BCUT2D eigenvalue weighted by Gasteiger charge is -2.26. The number of benzene rings is 3. The summed E-state index contributed by atoms with van der Waals surface area (Å²) in [6.45, 7) is 5.08. The molecule has 1 N–H and O–H groups in total. The van der Waals surface area contributed by atoms with Crippen LogP contribution in [0.3, 0.4) is 0 Å². The molecule has 1 atom stereocenters. The summed E-state index contributed by atoms with van der Waals surface area (Å²) >= 11 is 6.36. The van der Waals surface area contributed by atoms with Crippen LogP contribution in [0.15, 0.2) is 66.2 Å². The van der Waals surface area contributed by atoms with Crippen molar-refractivity contribution in [2.24, 2.45) is 0 Å². The molecule has 0 spiro atoms. The van der Waals surface area contributed by atoms with Crippen LogP contribution < -0.4 is 14.4 Å². The number of ether oxygens (including phenoxy) is 2. The van der Waals surface area contributed by atoms with Gasteiger partial charge in [0.25, 0.3) is 11.7 Å². The van der Waals surface area contributed by atoms with Crippen LogP contribution in [-0.4, -0.2) is 29.9 Å². The maximum absolute atomic E-state index is 13.4. The van der Waals surface area contributed by atoms with Crippen LogP contribution in [-0.2, 0) is 14.4 Å². The molecule has 1 fully saturated rings. The van der Waals surface area contributed by atoms with Crippen LogP contribution in [0.5, 0.6) is 11.5 Å². The van der Waals surface area contributed by atoms with Gasteiger partial charge in [0.2, 0.25) is 0 Å². The van der Waals surface area contributed by atoms with Gasteiger partial charge in [-0.15, -0.1) is 0 Å². The zero-order valence-electron chi connectivity index (χ0n) is 20.2. The molecule has 1 unspecified atom stereocenters. The van der Waals surface area contributed by atoms with Crippen LogP contribution in [0, 0.1) is 13.8 Å². The SMILES string of the molecule is COc1ccc(Cl)c(/C(O)=C2\C(=O)C(=O)N(c3cc(C)cc(C)c3)C2c2ccc(OC(C)=O)cc2)c1. The van der Waals surface area contributed by atoms with Crippen molar-refractivity contribution in [3.05, 3.63) is 93.5 Å². The second kappa shape index (κ2) is 9.87. The number of Topliss-reactive ketones (excluding diaryl/α,β-unsaturated/α-hetero) is 1. The predicted molar refractivity (Wildman–Crippen MR) is 136 cm³/mol. The number of aliphatic hydroxyl groups is 1. The van der Waals surface area contributed by atoms with E-state index < -0.39 is 29.5 Å². The standard InChI is InChI=1S/C28H24ClNO6/c1-15-11-16(2)13-19(12-15)30-25(18-5-7-20(8-6-18)36-17(3)31)24(27(33)28(30)34)26(32)22-14-21(35-4)9-10-23(22)29/h5-14,25,32H,1-4H3/b26-24+. The molecule has 7 nitrogen and oxygen atoms in total. The Bertz CT molecular complexity index is 1390. The van der Waals surface area contributed by atoms with E-state index in [0.717, 1.165) is 11.1 Å². The van der Waals surface area contributed by atoms with Gasteiger partial charge in [0, 0.05) is 18.2 Å². The van der Waals surface area contributed by atoms with Crippen molar-refractivity contribution in [3.63, 3.8) is 0 Å². The van der Waals surface area contributed by atoms with E-state index in [-0.39, 0.29) is 16.2 Å². The van der Waals surface area contributed by atoms with Crippen molar-refractivity contribution in [1.82, 2.24) is 0 Å². The average Bonchev–Trinajstić information content (AvgIpc) is 3.09. The molecule has 3 aromatic carbocycles. The van der Waals surface area contributed by atoms with Gasteiger partial charge < -0.3 is 14.6 Å². The number of hydrogen-bond acceptors (Lipinski definition) is 6. The zero-order valence-corrected chi connectivity index (χ0v) is 20.9. The number of esters is 1. The number of aryl methyl sites for hydroxylation is 2. The van der Waals surface area contributed by atoms with Crippen molar-refractivity contribution in [2.75, 3.05) is 12.0 Å². The first kappa shape index (κ1) is 25.0. The molecule has 0 saturated carbocycles. The number of rotatable bonds is 5. The van der Waals surface area contributed by atoms with Gasteiger partial charge >= 0.3 is 5.97 Å². The number of ketones is 1. The van der Waals surface area contributed by atoms with E-state index >= 15 is 0 Å². The quantitative estimate of drug-likeness (QED) is 0.161. The molecule has 36 heavy (non-hydrogen) atoms. The topological polar surface area (TPSA) is 93.1 Å². The Morgan fingerprint density at radius 1 is 0.944 bits per heavy atom. The molecule has 1 amide bonds. The number of methoxy groups -OCH3 is 1. The first-order chi connectivity index (χ1) is 17.1. The molecule has 4 rings (SSSR count). The fourth-order valence-electron chi connectivity index (χ4n) is 4.35. The van der Waals surface area contributed by atoms with Gasteiger partial charge in [0.05, 0.1) is 23.7 Å². The van der Waals surface area contributed by atoms with Crippen LogP contribution >= 0.6 is 11.6 Å². The number of amides is 1. The van der Waals surface area contributed by atoms with E-state index in [1.54, 1.807) is 48.5 Å².